The van der Waals surface area contributed by atoms with Gasteiger partial charge in [-0.25, -0.2) is 0 Å². The van der Waals surface area contributed by atoms with Crippen LogP contribution in [0.4, 0.5) is 11.4 Å². The van der Waals surface area contributed by atoms with E-state index in [9.17, 15) is 9.90 Å². The van der Waals surface area contributed by atoms with Crippen LogP contribution in [0.5, 0.6) is 11.5 Å². The van der Waals surface area contributed by atoms with Gasteiger partial charge in [-0.1, -0.05) is 24.8 Å². The molecule has 2 aliphatic heterocycles. The Balaban J connectivity index is 1.41. The highest BCUT2D eigenvalue weighted by molar-refractivity contribution is 5.98. The minimum Gasteiger partial charge on any atom is -0.508 e. The van der Waals surface area contributed by atoms with Crippen LogP contribution in [0, 0.1) is 12.3 Å². The first-order chi connectivity index (χ1) is 16.1. The lowest BCUT2D eigenvalue weighted by Crippen LogP contribution is -2.41. The summed E-state index contributed by atoms with van der Waals surface area (Å²) in [6.45, 7) is 2.03. The predicted molar refractivity (Wildman–Crippen MR) is 131 cm³/mol. The highest BCUT2D eigenvalue weighted by Crippen LogP contribution is 2.42. The van der Waals surface area contributed by atoms with Crippen LogP contribution in [-0.2, 0) is 4.79 Å². The van der Waals surface area contributed by atoms with Gasteiger partial charge < -0.3 is 25.8 Å². The van der Waals surface area contributed by atoms with Crippen molar-refractivity contribution in [1.29, 1.82) is 0 Å². The molecule has 4 N–H and O–H groups in total. The summed E-state index contributed by atoms with van der Waals surface area (Å²) < 4.78 is 5.96. The summed E-state index contributed by atoms with van der Waals surface area (Å²) in [6, 6.07) is 9.22. The Morgan fingerprint density at radius 2 is 2.06 bits per heavy atom. The molecule has 3 aliphatic rings. The fourth-order valence-corrected chi connectivity index (χ4v) is 5.02. The SMILES string of the molecule is C#Cc1ccc2c(c1)NCC(C(=O)Nc1cc(O)c(C3CCCC3)cc1C1=CCNCC1)O2. The number of aromatic hydroxyl groups is 1. The summed E-state index contributed by atoms with van der Waals surface area (Å²) in [7, 11) is 0. The molecule has 0 bridgehead atoms. The Morgan fingerprint density at radius 1 is 1.21 bits per heavy atom. The van der Waals surface area contributed by atoms with Gasteiger partial charge in [0.25, 0.3) is 5.91 Å². The van der Waals surface area contributed by atoms with E-state index in [1.807, 2.05) is 6.07 Å². The van der Waals surface area contributed by atoms with Gasteiger partial charge in [-0.3, -0.25) is 4.79 Å². The molecule has 33 heavy (non-hydrogen) atoms. The number of nitrogens with one attached hydrogen (secondary N) is 3. The van der Waals surface area contributed by atoms with Crippen LogP contribution in [-0.4, -0.2) is 36.8 Å². The Bertz CT molecular complexity index is 1140. The second-order valence-electron chi connectivity index (χ2n) is 8.95. The van der Waals surface area contributed by atoms with Crippen molar-refractivity contribution >= 4 is 22.9 Å². The molecule has 0 spiro atoms. The smallest absolute Gasteiger partial charge is 0.267 e. The maximum atomic E-state index is 13.2. The molecular weight excluding hydrogens is 414 g/mol. The lowest BCUT2D eigenvalue weighted by molar-refractivity contribution is -0.122. The van der Waals surface area contributed by atoms with Crippen molar-refractivity contribution in [2.75, 3.05) is 30.3 Å². The average molecular weight is 444 g/mol. The standard InChI is InChI=1S/C27H29N3O3/c1-2-17-7-8-25-23(13-17)29-16-26(33-25)27(32)30-22-15-24(31)21(18-5-3-4-6-18)14-20(22)19-9-11-28-12-10-19/h1,7-9,13-15,18,26,28-29,31H,3-6,10-12,16H2,(H,30,32). The van der Waals surface area contributed by atoms with Gasteiger partial charge in [0, 0.05) is 23.7 Å². The summed E-state index contributed by atoms with van der Waals surface area (Å²) in [5.74, 6) is 3.58. The van der Waals surface area contributed by atoms with Crippen molar-refractivity contribution in [3.63, 3.8) is 0 Å². The van der Waals surface area contributed by atoms with E-state index in [-0.39, 0.29) is 11.7 Å². The lowest BCUT2D eigenvalue weighted by Gasteiger charge is -2.27. The van der Waals surface area contributed by atoms with Gasteiger partial charge in [-0.05, 0) is 67.1 Å². The van der Waals surface area contributed by atoms with Gasteiger partial charge in [0.05, 0.1) is 17.9 Å². The molecule has 1 saturated carbocycles. The Labute approximate surface area is 194 Å². The van der Waals surface area contributed by atoms with Crippen molar-refractivity contribution in [2.24, 2.45) is 0 Å². The zero-order valence-corrected chi connectivity index (χ0v) is 18.6. The van der Waals surface area contributed by atoms with E-state index in [2.05, 4.69) is 34.0 Å². The summed E-state index contributed by atoms with van der Waals surface area (Å²) in [5.41, 5.74) is 5.35. The Hall–Kier alpha value is -3.43. The number of anilines is 2. The summed E-state index contributed by atoms with van der Waals surface area (Å²) >= 11 is 0. The molecular formula is C27H29N3O3. The van der Waals surface area contributed by atoms with E-state index in [4.69, 9.17) is 11.2 Å². The van der Waals surface area contributed by atoms with Gasteiger partial charge in [-0.2, -0.15) is 0 Å². The number of carbonyl (C=O) groups is 1. The van der Waals surface area contributed by atoms with Crippen molar-refractivity contribution in [1.82, 2.24) is 5.32 Å². The normalized spacial score (nSPS) is 20.1. The molecule has 6 heteroatoms. The van der Waals surface area contributed by atoms with Gasteiger partial charge in [-0.15, -0.1) is 6.42 Å². The van der Waals surface area contributed by atoms with Crippen molar-refractivity contribution < 1.29 is 14.6 Å². The molecule has 1 aliphatic carbocycles. The summed E-state index contributed by atoms with van der Waals surface area (Å²) in [4.78, 5) is 13.2. The van der Waals surface area contributed by atoms with E-state index in [1.165, 1.54) is 18.4 Å². The highest BCUT2D eigenvalue weighted by atomic mass is 16.5. The molecule has 1 amide bonds. The number of carbonyl (C=O) groups excluding carboxylic acids is 1. The first-order valence-corrected chi connectivity index (χ1v) is 11.7. The summed E-state index contributed by atoms with van der Waals surface area (Å²) in [5, 5.41) is 20.4. The third-order valence-corrected chi connectivity index (χ3v) is 6.82. The Kier molecular flexibility index (Phi) is 5.97. The van der Waals surface area contributed by atoms with E-state index in [0.717, 1.165) is 54.7 Å². The van der Waals surface area contributed by atoms with Crippen LogP contribution >= 0.6 is 0 Å². The number of amides is 1. The molecule has 0 aromatic heterocycles. The topological polar surface area (TPSA) is 82.6 Å². The second kappa shape index (κ2) is 9.21. The number of ether oxygens (including phenoxy) is 1. The Morgan fingerprint density at radius 3 is 2.82 bits per heavy atom. The molecule has 5 rings (SSSR count). The third-order valence-electron chi connectivity index (χ3n) is 6.82. The van der Waals surface area contributed by atoms with Gasteiger partial charge in [0.2, 0.25) is 0 Å². The van der Waals surface area contributed by atoms with Crippen LogP contribution < -0.4 is 20.7 Å². The second-order valence-corrected chi connectivity index (χ2v) is 8.95. The van der Waals surface area contributed by atoms with Crippen molar-refractivity contribution in [3.8, 4) is 23.8 Å². The molecule has 6 nitrogen and oxygen atoms in total. The zero-order valence-electron chi connectivity index (χ0n) is 18.6. The van der Waals surface area contributed by atoms with Crippen molar-refractivity contribution in [2.45, 2.75) is 44.1 Å². The maximum Gasteiger partial charge on any atom is 0.267 e. The van der Waals surface area contributed by atoms with Crippen LogP contribution in [0.1, 0.15) is 54.7 Å². The largest absolute Gasteiger partial charge is 0.508 e. The number of rotatable bonds is 4. The number of hydrogen-bond acceptors (Lipinski definition) is 5. The minimum absolute atomic E-state index is 0.252. The molecule has 2 heterocycles. The number of phenolic OH excluding ortho intramolecular Hbond substituents is 1. The molecule has 170 valence electrons. The molecule has 2 aromatic rings. The van der Waals surface area contributed by atoms with Crippen molar-refractivity contribution in [3.05, 3.63) is 53.1 Å². The van der Waals surface area contributed by atoms with Gasteiger partial charge >= 0.3 is 0 Å². The summed E-state index contributed by atoms with van der Waals surface area (Å²) in [6.07, 6.45) is 12.4. The van der Waals surface area contributed by atoms with Crippen LogP contribution in [0.3, 0.4) is 0 Å². The number of phenols is 1. The van der Waals surface area contributed by atoms with Crippen LogP contribution in [0.15, 0.2) is 36.4 Å². The molecule has 2 aromatic carbocycles. The number of terminal acetylenes is 1. The fourth-order valence-electron chi connectivity index (χ4n) is 5.02. The molecule has 0 radical (unpaired) electrons. The minimum atomic E-state index is -0.694. The quantitative estimate of drug-likeness (QED) is 0.532. The van der Waals surface area contributed by atoms with Crippen LogP contribution in [0.25, 0.3) is 5.57 Å². The van der Waals surface area contributed by atoms with E-state index in [0.29, 0.717) is 23.9 Å². The highest BCUT2D eigenvalue weighted by Gasteiger charge is 2.28. The predicted octanol–water partition coefficient (Wildman–Crippen LogP) is 4.22. The van der Waals surface area contributed by atoms with Crippen LogP contribution in [0.2, 0.25) is 0 Å². The first kappa shape index (κ1) is 21.4. The average Bonchev–Trinajstić information content (AvgIpc) is 3.38. The van der Waals surface area contributed by atoms with Gasteiger partial charge in [0.15, 0.2) is 6.10 Å². The fraction of sp³-hybridized carbons (Fsp3) is 0.370. The monoisotopic (exact) mass is 443 g/mol. The van der Waals surface area contributed by atoms with Gasteiger partial charge in [0.1, 0.15) is 11.5 Å². The molecule has 1 fully saturated rings. The van der Waals surface area contributed by atoms with E-state index >= 15 is 0 Å². The van der Waals surface area contributed by atoms with E-state index < -0.39 is 6.10 Å². The maximum absolute atomic E-state index is 13.2. The zero-order chi connectivity index (χ0) is 22.8. The number of benzene rings is 2. The first-order valence-electron chi connectivity index (χ1n) is 11.7. The number of fused-ring (bicyclic) bond motifs is 1. The van der Waals surface area contributed by atoms with E-state index in [1.54, 1.807) is 18.2 Å². The molecule has 1 unspecified atom stereocenters. The lowest BCUT2D eigenvalue weighted by atomic mass is 9.90. The molecule has 1 atom stereocenters. The number of hydrogen-bond donors (Lipinski definition) is 4. The molecule has 0 saturated heterocycles. The third kappa shape index (κ3) is 4.42.